The van der Waals surface area contributed by atoms with Crippen LogP contribution in [0, 0.1) is 12.7 Å². The Bertz CT molecular complexity index is 1190. The summed E-state index contributed by atoms with van der Waals surface area (Å²) in [5.41, 5.74) is 4.75. The first kappa shape index (κ1) is 17.1. The van der Waals surface area contributed by atoms with Crippen molar-refractivity contribution in [3.63, 3.8) is 0 Å². The molecule has 5 rings (SSSR count). The Labute approximate surface area is 165 Å². The minimum atomic E-state index is -0.268. The molecule has 4 nitrogen and oxygen atoms in total. The van der Waals surface area contributed by atoms with Crippen LogP contribution in [0.2, 0.25) is 0 Å². The number of rotatable bonds is 2. The fraction of sp³-hybridized carbons (Fsp3) is 0.182. The molecule has 0 saturated carbocycles. The molecule has 0 fully saturated rings. The Hall–Kier alpha value is -2.99. The van der Waals surface area contributed by atoms with E-state index in [4.69, 9.17) is 0 Å². The first-order chi connectivity index (χ1) is 13.6. The van der Waals surface area contributed by atoms with Gasteiger partial charge in [-0.2, -0.15) is 0 Å². The molecule has 4 aromatic rings. The van der Waals surface area contributed by atoms with E-state index in [1.165, 1.54) is 29.0 Å². The molecule has 28 heavy (non-hydrogen) atoms. The molecule has 2 aromatic carbocycles. The molecule has 3 heterocycles. The van der Waals surface area contributed by atoms with Gasteiger partial charge < -0.3 is 4.90 Å². The van der Waals surface area contributed by atoms with Crippen molar-refractivity contribution in [3.05, 3.63) is 76.7 Å². The Balaban J connectivity index is 1.52. The predicted octanol–water partition coefficient (Wildman–Crippen LogP) is 5.10. The normalized spacial score (nSPS) is 13.7. The number of carbonyl (C=O) groups excluding carboxylic acids is 1. The zero-order valence-corrected chi connectivity index (χ0v) is 16.2. The van der Waals surface area contributed by atoms with Crippen LogP contribution in [-0.4, -0.2) is 21.8 Å². The van der Waals surface area contributed by atoms with Gasteiger partial charge in [-0.15, -0.1) is 0 Å². The van der Waals surface area contributed by atoms with Gasteiger partial charge in [-0.3, -0.25) is 9.20 Å². The first-order valence-corrected chi connectivity index (χ1v) is 10.1. The molecule has 0 radical (unpaired) electrons. The van der Waals surface area contributed by atoms with Crippen molar-refractivity contribution in [2.24, 2.45) is 0 Å². The molecule has 0 saturated heterocycles. The van der Waals surface area contributed by atoms with Gasteiger partial charge in [0.05, 0.1) is 5.69 Å². The smallest absolute Gasteiger partial charge is 0.270 e. The van der Waals surface area contributed by atoms with E-state index in [0.717, 1.165) is 47.0 Å². The molecule has 0 bridgehead atoms. The lowest BCUT2D eigenvalue weighted by molar-refractivity contribution is 0.0988. The van der Waals surface area contributed by atoms with Crippen LogP contribution in [0.15, 0.2) is 54.7 Å². The number of imidazole rings is 1. The molecule has 1 amide bonds. The van der Waals surface area contributed by atoms with Crippen molar-refractivity contribution >= 4 is 27.9 Å². The van der Waals surface area contributed by atoms with E-state index in [9.17, 15) is 9.18 Å². The summed E-state index contributed by atoms with van der Waals surface area (Å²) >= 11 is 1.41. The fourth-order valence-electron chi connectivity index (χ4n) is 3.78. The van der Waals surface area contributed by atoms with E-state index in [1.54, 1.807) is 12.1 Å². The molecule has 0 unspecified atom stereocenters. The summed E-state index contributed by atoms with van der Waals surface area (Å²) in [6.45, 7) is 2.68. The monoisotopic (exact) mass is 391 g/mol. The second-order valence-corrected chi connectivity index (χ2v) is 7.97. The average molecular weight is 391 g/mol. The minimum absolute atomic E-state index is 0.0310. The topological polar surface area (TPSA) is 37.6 Å². The lowest BCUT2D eigenvalue weighted by atomic mass is 10.0. The van der Waals surface area contributed by atoms with Crippen LogP contribution < -0.4 is 4.90 Å². The van der Waals surface area contributed by atoms with Gasteiger partial charge in [0, 0.05) is 29.7 Å². The standard InChI is InChI=1S/C22H18FN3OS/c1-14-20(21(27)25-12-4-6-16-5-2-3-7-19(16)25)28-22-24-18(13-26(14)22)15-8-10-17(23)11-9-15/h2-3,5,7-11,13H,4,6,12H2,1H3. The third kappa shape index (κ3) is 2.72. The van der Waals surface area contributed by atoms with Crippen LogP contribution in [0.3, 0.4) is 0 Å². The quantitative estimate of drug-likeness (QED) is 0.477. The van der Waals surface area contributed by atoms with E-state index >= 15 is 0 Å². The summed E-state index contributed by atoms with van der Waals surface area (Å²) in [5, 5.41) is 0. The number of hydrogen-bond donors (Lipinski definition) is 0. The van der Waals surface area contributed by atoms with Crippen LogP contribution in [0.5, 0.6) is 0 Å². The van der Waals surface area contributed by atoms with Gasteiger partial charge in [-0.1, -0.05) is 29.5 Å². The Kier molecular flexibility index (Phi) is 4.02. The minimum Gasteiger partial charge on any atom is -0.307 e. The fourth-order valence-corrected chi connectivity index (χ4v) is 4.83. The highest BCUT2D eigenvalue weighted by atomic mass is 32.1. The van der Waals surface area contributed by atoms with Crippen molar-refractivity contribution < 1.29 is 9.18 Å². The predicted molar refractivity (Wildman–Crippen MR) is 110 cm³/mol. The Morgan fingerprint density at radius 1 is 1.14 bits per heavy atom. The number of halogens is 1. The molecule has 0 spiro atoms. The summed E-state index contributed by atoms with van der Waals surface area (Å²) in [6.07, 6.45) is 3.89. The van der Waals surface area contributed by atoms with Crippen LogP contribution in [0.25, 0.3) is 16.2 Å². The van der Waals surface area contributed by atoms with E-state index < -0.39 is 0 Å². The van der Waals surface area contributed by atoms with E-state index in [2.05, 4.69) is 11.1 Å². The summed E-state index contributed by atoms with van der Waals surface area (Å²) in [5.74, 6) is -0.237. The van der Waals surface area contributed by atoms with Gasteiger partial charge in [-0.25, -0.2) is 9.37 Å². The molecule has 0 N–H and O–H groups in total. The molecule has 0 aliphatic carbocycles. The van der Waals surface area contributed by atoms with Gasteiger partial charge >= 0.3 is 0 Å². The number of anilines is 1. The van der Waals surface area contributed by atoms with E-state index in [-0.39, 0.29) is 11.7 Å². The summed E-state index contributed by atoms with van der Waals surface area (Å²) < 4.78 is 15.1. The maximum Gasteiger partial charge on any atom is 0.270 e. The van der Waals surface area contributed by atoms with Gasteiger partial charge in [-0.05, 0) is 55.7 Å². The highest BCUT2D eigenvalue weighted by Crippen LogP contribution is 2.32. The molecule has 0 atom stereocenters. The van der Waals surface area contributed by atoms with Crippen molar-refractivity contribution in [2.75, 3.05) is 11.4 Å². The Morgan fingerprint density at radius 3 is 2.71 bits per heavy atom. The zero-order valence-electron chi connectivity index (χ0n) is 15.4. The molecule has 140 valence electrons. The molecular weight excluding hydrogens is 373 g/mol. The molecule has 2 aromatic heterocycles. The van der Waals surface area contributed by atoms with Crippen molar-refractivity contribution in [1.29, 1.82) is 0 Å². The van der Waals surface area contributed by atoms with Gasteiger partial charge in [0.1, 0.15) is 10.7 Å². The van der Waals surface area contributed by atoms with Crippen LogP contribution >= 0.6 is 11.3 Å². The van der Waals surface area contributed by atoms with E-state index in [1.807, 2.05) is 40.6 Å². The SMILES string of the molecule is Cc1c(C(=O)N2CCCc3ccccc32)sc2nc(-c3ccc(F)cc3)cn12. The zero-order chi connectivity index (χ0) is 19.3. The number of aryl methyl sites for hydroxylation is 2. The number of benzene rings is 2. The number of thiazole rings is 1. The summed E-state index contributed by atoms with van der Waals surface area (Å²) in [7, 11) is 0. The van der Waals surface area contributed by atoms with Crippen molar-refractivity contribution in [1.82, 2.24) is 9.38 Å². The molecule has 1 aliphatic heterocycles. The maximum absolute atomic E-state index is 13.3. The number of fused-ring (bicyclic) bond motifs is 2. The molecule has 1 aliphatic rings. The van der Waals surface area contributed by atoms with E-state index in [0.29, 0.717) is 4.88 Å². The van der Waals surface area contributed by atoms with Gasteiger partial charge in [0.25, 0.3) is 5.91 Å². The number of nitrogens with zero attached hydrogens (tertiary/aromatic N) is 3. The number of hydrogen-bond acceptors (Lipinski definition) is 3. The number of para-hydroxylation sites is 1. The number of amides is 1. The average Bonchev–Trinajstić information content (AvgIpc) is 3.27. The van der Waals surface area contributed by atoms with Crippen molar-refractivity contribution in [3.8, 4) is 11.3 Å². The van der Waals surface area contributed by atoms with Crippen molar-refractivity contribution in [2.45, 2.75) is 19.8 Å². The summed E-state index contributed by atoms with van der Waals surface area (Å²) in [6, 6.07) is 14.4. The highest BCUT2D eigenvalue weighted by Gasteiger charge is 2.27. The largest absolute Gasteiger partial charge is 0.307 e. The third-order valence-corrected chi connectivity index (χ3v) is 6.39. The summed E-state index contributed by atoms with van der Waals surface area (Å²) in [4.78, 5) is 21.3. The van der Waals surface area contributed by atoms with Crippen LogP contribution in [-0.2, 0) is 6.42 Å². The third-order valence-electron chi connectivity index (χ3n) is 5.25. The second kappa shape index (κ2) is 6.56. The van der Waals surface area contributed by atoms with Crippen LogP contribution in [0.1, 0.15) is 27.3 Å². The van der Waals surface area contributed by atoms with Crippen LogP contribution in [0.4, 0.5) is 10.1 Å². The lowest BCUT2D eigenvalue weighted by Gasteiger charge is -2.29. The maximum atomic E-state index is 13.3. The number of aromatic nitrogens is 2. The molecule has 6 heteroatoms. The Morgan fingerprint density at radius 2 is 1.93 bits per heavy atom. The van der Waals surface area contributed by atoms with Gasteiger partial charge in [0.15, 0.2) is 4.96 Å². The van der Waals surface area contributed by atoms with Gasteiger partial charge in [0.2, 0.25) is 0 Å². The number of carbonyl (C=O) groups is 1. The highest BCUT2D eigenvalue weighted by molar-refractivity contribution is 7.19. The molecular formula is C22H18FN3OS. The second-order valence-electron chi connectivity index (χ2n) is 6.99. The lowest BCUT2D eigenvalue weighted by Crippen LogP contribution is -2.35. The first-order valence-electron chi connectivity index (χ1n) is 9.26.